The zero-order valence-electron chi connectivity index (χ0n) is 18.4. The highest BCUT2D eigenvalue weighted by Crippen LogP contribution is 2.52. The van der Waals surface area contributed by atoms with E-state index >= 15 is 0 Å². The number of benzene rings is 3. The summed E-state index contributed by atoms with van der Waals surface area (Å²) in [5, 5.41) is 3.91. The average molecular weight is 396 g/mol. The summed E-state index contributed by atoms with van der Waals surface area (Å²) in [6.45, 7) is 9.08. The van der Waals surface area contributed by atoms with Crippen LogP contribution >= 0.6 is 0 Å². The van der Waals surface area contributed by atoms with E-state index in [0.29, 0.717) is 0 Å². The highest BCUT2D eigenvalue weighted by molar-refractivity contribution is 6.07. The van der Waals surface area contributed by atoms with Crippen LogP contribution in [0, 0.1) is 12.3 Å². The maximum atomic E-state index is 6.75. The summed E-state index contributed by atoms with van der Waals surface area (Å²) < 4.78 is 8.92. The standard InChI is InChI=1S/C27H27N2O/c1-15-18-8-6-7-17-9-10-19(23(17)18)26-22(15)25-24-20(28-14-29(25)5)11-16(12-21(24)30-26)13-27(2,3)4/h6-8,11-12,14H,9-10,13H2,1-5H3/q+1. The molecule has 0 spiro atoms. The predicted octanol–water partition coefficient (Wildman–Crippen LogP) is 5.98. The third-order valence-electron chi connectivity index (χ3n) is 6.66. The summed E-state index contributed by atoms with van der Waals surface area (Å²) in [7, 11) is 2.10. The van der Waals surface area contributed by atoms with E-state index in [1.807, 2.05) is 6.33 Å². The minimum Gasteiger partial charge on any atom is -0.455 e. The minimum absolute atomic E-state index is 0.213. The second-order valence-corrected chi connectivity index (χ2v) is 10.2. The zero-order valence-corrected chi connectivity index (χ0v) is 18.4. The van der Waals surface area contributed by atoms with Gasteiger partial charge in [0.15, 0.2) is 11.2 Å². The van der Waals surface area contributed by atoms with Gasteiger partial charge in [0.2, 0.25) is 0 Å². The Bertz CT molecular complexity index is 1390. The first-order valence-electron chi connectivity index (χ1n) is 10.9. The first-order valence-corrected chi connectivity index (χ1v) is 10.9. The van der Waals surface area contributed by atoms with E-state index in [-0.39, 0.29) is 5.41 Å². The molecule has 0 N–H and O–H groups in total. The molecular weight excluding hydrogens is 368 g/mol. The number of hydrogen-bond acceptors (Lipinski definition) is 2. The molecule has 0 saturated heterocycles. The molecule has 3 heteroatoms. The third kappa shape index (κ3) is 2.38. The van der Waals surface area contributed by atoms with Gasteiger partial charge < -0.3 is 4.74 Å². The highest BCUT2D eigenvalue weighted by atomic mass is 16.5. The molecule has 0 fully saturated rings. The van der Waals surface area contributed by atoms with Crippen LogP contribution in [-0.2, 0) is 26.3 Å². The number of aromatic nitrogens is 2. The summed E-state index contributed by atoms with van der Waals surface area (Å²) in [4.78, 5) is 4.78. The Morgan fingerprint density at radius 1 is 1.10 bits per heavy atom. The Labute approximate surface area is 177 Å². The summed E-state index contributed by atoms with van der Waals surface area (Å²) >= 11 is 0. The Balaban J connectivity index is 1.72. The van der Waals surface area contributed by atoms with Crippen molar-refractivity contribution in [2.24, 2.45) is 12.5 Å². The summed E-state index contributed by atoms with van der Waals surface area (Å²) in [5.41, 5.74) is 9.12. The maximum absolute atomic E-state index is 6.75. The molecule has 1 aliphatic heterocycles. The molecule has 0 bridgehead atoms. The number of ether oxygens (including phenoxy) is 1. The van der Waals surface area contributed by atoms with E-state index in [1.165, 1.54) is 44.3 Å². The lowest BCUT2D eigenvalue weighted by Gasteiger charge is -2.25. The Kier molecular flexibility index (Phi) is 3.46. The van der Waals surface area contributed by atoms with Crippen LogP contribution in [0.1, 0.15) is 43.0 Å². The van der Waals surface area contributed by atoms with Crippen LogP contribution in [0.5, 0.6) is 11.5 Å². The molecule has 2 aliphatic rings. The summed E-state index contributed by atoms with van der Waals surface area (Å²) in [5.74, 6) is 2.02. The number of hydrogen-bond donors (Lipinski definition) is 0. The Hall–Kier alpha value is -2.94. The topological polar surface area (TPSA) is 26.0 Å². The molecule has 1 aliphatic carbocycles. The van der Waals surface area contributed by atoms with Gasteiger partial charge in [-0.05, 0) is 76.2 Å². The largest absolute Gasteiger partial charge is 0.455 e. The van der Waals surface area contributed by atoms with Crippen LogP contribution in [0.25, 0.3) is 32.9 Å². The molecule has 0 radical (unpaired) electrons. The smallest absolute Gasteiger partial charge is 0.287 e. The molecule has 30 heavy (non-hydrogen) atoms. The van der Waals surface area contributed by atoms with Gasteiger partial charge in [0.25, 0.3) is 6.33 Å². The monoisotopic (exact) mass is 395 g/mol. The fourth-order valence-corrected chi connectivity index (χ4v) is 5.53. The maximum Gasteiger partial charge on any atom is 0.287 e. The normalized spacial score (nSPS) is 14.3. The van der Waals surface area contributed by atoms with E-state index < -0.39 is 0 Å². The van der Waals surface area contributed by atoms with Crippen molar-refractivity contribution >= 4 is 21.7 Å². The van der Waals surface area contributed by atoms with Gasteiger partial charge in [-0.3, -0.25) is 0 Å². The van der Waals surface area contributed by atoms with E-state index in [4.69, 9.17) is 9.72 Å². The quantitative estimate of drug-likeness (QED) is 0.326. The molecule has 0 unspecified atom stereocenters. The predicted molar refractivity (Wildman–Crippen MR) is 121 cm³/mol. The van der Waals surface area contributed by atoms with Crippen molar-refractivity contribution in [3.05, 3.63) is 58.9 Å². The van der Waals surface area contributed by atoms with E-state index in [0.717, 1.165) is 41.7 Å². The van der Waals surface area contributed by atoms with Gasteiger partial charge in [-0.2, -0.15) is 0 Å². The van der Waals surface area contributed by atoms with Crippen molar-refractivity contribution in [3.63, 3.8) is 0 Å². The van der Waals surface area contributed by atoms with Crippen molar-refractivity contribution < 1.29 is 9.30 Å². The SMILES string of the molecule is Cc1c2c(c3c4c(cccc14)CC3)Oc1cc(CC(C)(C)C)cc3nc[n+](C)c-2c13. The lowest BCUT2D eigenvalue weighted by Crippen LogP contribution is -2.33. The fraction of sp³-hybridized carbons (Fsp3) is 0.333. The molecule has 0 atom stereocenters. The van der Waals surface area contributed by atoms with Crippen molar-refractivity contribution in [2.75, 3.05) is 0 Å². The van der Waals surface area contributed by atoms with E-state index in [1.54, 1.807) is 0 Å². The van der Waals surface area contributed by atoms with Crippen LogP contribution in [0.3, 0.4) is 0 Å². The van der Waals surface area contributed by atoms with E-state index in [2.05, 4.69) is 69.6 Å². The van der Waals surface area contributed by atoms with Gasteiger partial charge in [-0.15, -0.1) is 0 Å². The summed E-state index contributed by atoms with van der Waals surface area (Å²) in [6, 6.07) is 11.2. The lowest BCUT2D eigenvalue weighted by molar-refractivity contribution is -0.662. The van der Waals surface area contributed by atoms with Crippen LogP contribution in [0.2, 0.25) is 0 Å². The van der Waals surface area contributed by atoms with Crippen molar-refractivity contribution in [1.82, 2.24) is 4.98 Å². The fourth-order valence-electron chi connectivity index (χ4n) is 5.53. The molecule has 6 rings (SSSR count). The molecule has 3 aromatic carbocycles. The third-order valence-corrected chi connectivity index (χ3v) is 6.66. The first kappa shape index (κ1) is 17.9. The van der Waals surface area contributed by atoms with Crippen LogP contribution in [-0.4, -0.2) is 4.98 Å². The van der Waals surface area contributed by atoms with Gasteiger partial charge >= 0.3 is 0 Å². The number of rotatable bonds is 1. The Morgan fingerprint density at radius 2 is 1.93 bits per heavy atom. The molecule has 3 nitrogen and oxygen atoms in total. The first-order chi connectivity index (χ1) is 14.3. The molecule has 4 aromatic rings. The van der Waals surface area contributed by atoms with Crippen molar-refractivity contribution in [2.45, 2.75) is 47.0 Å². The minimum atomic E-state index is 0.213. The van der Waals surface area contributed by atoms with E-state index in [9.17, 15) is 0 Å². The van der Waals surface area contributed by atoms with Crippen LogP contribution in [0.4, 0.5) is 0 Å². The molecule has 2 heterocycles. The number of nitrogens with zero attached hydrogens (tertiary/aromatic N) is 2. The Morgan fingerprint density at radius 3 is 2.73 bits per heavy atom. The molecule has 0 amide bonds. The van der Waals surface area contributed by atoms with Crippen molar-refractivity contribution in [3.8, 4) is 22.8 Å². The molecule has 150 valence electrons. The van der Waals surface area contributed by atoms with Crippen LogP contribution in [0.15, 0.2) is 36.7 Å². The van der Waals surface area contributed by atoms with Gasteiger partial charge in [-0.1, -0.05) is 39.0 Å². The molecular formula is C27H27N2O+. The zero-order chi connectivity index (χ0) is 20.8. The number of aryl methyl sites for hydroxylation is 4. The second-order valence-electron chi connectivity index (χ2n) is 10.2. The second kappa shape index (κ2) is 5.81. The molecule has 0 saturated carbocycles. The summed E-state index contributed by atoms with van der Waals surface area (Å²) in [6.07, 6.45) is 5.10. The number of fused-ring (bicyclic) bond motifs is 3. The lowest BCUT2D eigenvalue weighted by atomic mass is 9.86. The van der Waals surface area contributed by atoms with Gasteiger partial charge in [0, 0.05) is 5.56 Å². The molecule has 1 aromatic heterocycles. The van der Waals surface area contributed by atoms with Gasteiger partial charge in [0.05, 0.1) is 12.6 Å². The van der Waals surface area contributed by atoms with Gasteiger partial charge in [-0.25, -0.2) is 4.57 Å². The highest BCUT2D eigenvalue weighted by Gasteiger charge is 2.34. The van der Waals surface area contributed by atoms with Crippen molar-refractivity contribution in [1.29, 1.82) is 0 Å². The van der Waals surface area contributed by atoms with Crippen LogP contribution < -0.4 is 9.30 Å². The van der Waals surface area contributed by atoms with Gasteiger partial charge in [0.1, 0.15) is 16.9 Å². The average Bonchev–Trinajstić information content (AvgIpc) is 3.12.